The van der Waals surface area contributed by atoms with Crippen LogP contribution in [0.25, 0.3) is 0 Å². The molecule has 0 aliphatic carbocycles. The number of Topliss-reactive ketones (excluding diaryl/α,β-unsaturated/α-hetero) is 1. The molecule has 3 fully saturated rings. The lowest BCUT2D eigenvalue weighted by molar-refractivity contribution is -0.134. The van der Waals surface area contributed by atoms with Gasteiger partial charge in [-0.3, -0.25) is 9.69 Å². The van der Waals surface area contributed by atoms with Crippen LogP contribution in [-0.2, 0) is 9.53 Å². The van der Waals surface area contributed by atoms with Crippen LogP contribution < -0.4 is 0 Å². The highest BCUT2D eigenvalue weighted by Gasteiger charge is 2.39. The molecule has 4 heteroatoms. The van der Waals surface area contributed by atoms with Gasteiger partial charge in [-0.25, -0.2) is 4.79 Å². The van der Waals surface area contributed by atoms with Crippen molar-refractivity contribution in [3.63, 3.8) is 0 Å². The molecule has 1 aromatic carbocycles. The minimum Gasteiger partial charge on any atom is -0.460 e. The molecule has 4 nitrogen and oxygen atoms in total. The Morgan fingerprint density at radius 3 is 2.74 bits per heavy atom. The van der Waals surface area contributed by atoms with Crippen molar-refractivity contribution in [1.29, 1.82) is 0 Å². The van der Waals surface area contributed by atoms with E-state index in [1.807, 2.05) is 18.2 Å². The van der Waals surface area contributed by atoms with Crippen LogP contribution in [0.15, 0.2) is 30.3 Å². The highest BCUT2D eigenvalue weighted by Crippen LogP contribution is 2.29. The number of esters is 1. The van der Waals surface area contributed by atoms with Crippen molar-refractivity contribution in [2.45, 2.75) is 18.9 Å². The maximum Gasteiger partial charge on any atom is 0.338 e. The Morgan fingerprint density at radius 2 is 2.11 bits per heavy atom. The van der Waals surface area contributed by atoms with Crippen LogP contribution in [0.2, 0.25) is 0 Å². The molecule has 0 saturated carbocycles. The molecule has 1 aromatic rings. The van der Waals surface area contributed by atoms with Gasteiger partial charge >= 0.3 is 5.97 Å². The Hall–Kier alpha value is -1.68. The van der Waals surface area contributed by atoms with Gasteiger partial charge in [-0.15, -0.1) is 0 Å². The Labute approximate surface area is 112 Å². The molecule has 2 bridgehead atoms. The molecule has 19 heavy (non-hydrogen) atoms. The van der Waals surface area contributed by atoms with Crippen LogP contribution in [0.5, 0.6) is 0 Å². The summed E-state index contributed by atoms with van der Waals surface area (Å²) in [5.41, 5.74) is 0.578. The highest BCUT2D eigenvalue weighted by molar-refractivity contribution is 5.89. The van der Waals surface area contributed by atoms with E-state index in [0.717, 1.165) is 19.4 Å². The van der Waals surface area contributed by atoms with Gasteiger partial charge in [0.15, 0.2) is 0 Å². The van der Waals surface area contributed by atoms with E-state index in [0.29, 0.717) is 24.5 Å². The summed E-state index contributed by atoms with van der Waals surface area (Å²) in [4.78, 5) is 25.6. The molecule has 3 saturated heterocycles. The Balaban J connectivity index is 1.56. The van der Waals surface area contributed by atoms with Gasteiger partial charge in [-0.2, -0.15) is 0 Å². The summed E-state index contributed by atoms with van der Waals surface area (Å²) in [6.07, 6.45) is 1.79. The molecule has 1 unspecified atom stereocenters. The molecule has 3 aliphatic heterocycles. The quantitative estimate of drug-likeness (QED) is 0.772. The lowest BCUT2D eigenvalue weighted by Crippen LogP contribution is -2.55. The molecule has 0 aromatic heterocycles. The molecular weight excluding hydrogens is 242 g/mol. The van der Waals surface area contributed by atoms with E-state index in [1.165, 1.54) is 0 Å². The van der Waals surface area contributed by atoms with Crippen LogP contribution in [-0.4, -0.2) is 42.4 Å². The SMILES string of the molecule is O=C(OC[C@@H]1C[C@@H]2CCN1CC2=O)c1ccccc1. The van der Waals surface area contributed by atoms with Crippen molar-refractivity contribution >= 4 is 11.8 Å². The Bertz CT molecular complexity index is 485. The number of piperidine rings is 3. The predicted octanol–water partition coefficient (Wildman–Crippen LogP) is 1.51. The zero-order valence-corrected chi connectivity index (χ0v) is 10.7. The van der Waals surface area contributed by atoms with Gasteiger partial charge in [0.25, 0.3) is 0 Å². The van der Waals surface area contributed by atoms with Crippen molar-refractivity contribution < 1.29 is 14.3 Å². The zero-order valence-electron chi connectivity index (χ0n) is 10.7. The number of ether oxygens (including phenoxy) is 1. The second kappa shape index (κ2) is 5.13. The van der Waals surface area contributed by atoms with Crippen LogP contribution in [0, 0.1) is 5.92 Å². The lowest BCUT2D eigenvalue weighted by Gasteiger charge is -2.43. The number of benzene rings is 1. The maximum absolute atomic E-state index is 11.9. The predicted molar refractivity (Wildman–Crippen MR) is 69.8 cm³/mol. The standard InChI is InChI=1S/C15H17NO3/c17-14-9-16-7-6-12(14)8-13(16)10-19-15(18)11-4-2-1-3-5-11/h1-5,12-13H,6-10H2/t12-,13-/m0/s1. The fourth-order valence-corrected chi connectivity index (χ4v) is 2.93. The van der Waals surface area contributed by atoms with Gasteiger partial charge in [-0.1, -0.05) is 18.2 Å². The summed E-state index contributed by atoms with van der Waals surface area (Å²) in [5, 5.41) is 0. The van der Waals surface area contributed by atoms with Gasteiger partial charge in [0.2, 0.25) is 0 Å². The number of ketones is 1. The molecule has 0 radical (unpaired) electrons. The van der Waals surface area contributed by atoms with Crippen molar-refractivity contribution in [2.75, 3.05) is 19.7 Å². The summed E-state index contributed by atoms with van der Waals surface area (Å²) in [6, 6.07) is 9.22. The molecule has 0 amide bonds. The number of fused-ring (bicyclic) bond motifs is 3. The van der Waals surface area contributed by atoms with Crippen molar-refractivity contribution in [3.8, 4) is 0 Å². The van der Waals surface area contributed by atoms with E-state index < -0.39 is 0 Å². The number of rotatable bonds is 3. The third-order valence-electron chi connectivity index (χ3n) is 4.07. The third-order valence-corrected chi connectivity index (χ3v) is 4.07. The summed E-state index contributed by atoms with van der Waals surface area (Å²) in [5.74, 6) is 0.247. The molecule has 0 spiro atoms. The number of carbonyl (C=O) groups excluding carboxylic acids is 2. The first-order valence-electron chi connectivity index (χ1n) is 6.73. The van der Waals surface area contributed by atoms with Crippen LogP contribution in [0.4, 0.5) is 0 Å². The monoisotopic (exact) mass is 259 g/mol. The molecule has 100 valence electrons. The smallest absolute Gasteiger partial charge is 0.338 e. The average molecular weight is 259 g/mol. The van der Waals surface area contributed by atoms with Crippen LogP contribution >= 0.6 is 0 Å². The molecular formula is C15H17NO3. The first kappa shape index (κ1) is 12.4. The van der Waals surface area contributed by atoms with E-state index in [9.17, 15) is 9.59 Å². The number of carbonyl (C=O) groups is 2. The summed E-state index contributed by atoms with van der Waals surface area (Å²) in [7, 11) is 0. The summed E-state index contributed by atoms with van der Waals surface area (Å²) in [6.45, 7) is 1.86. The Morgan fingerprint density at radius 1 is 1.32 bits per heavy atom. The highest BCUT2D eigenvalue weighted by atomic mass is 16.5. The third kappa shape index (κ3) is 2.54. The van der Waals surface area contributed by atoms with Crippen molar-refractivity contribution in [1.82, 2.24) is 4.90 Å². The molecule has 3 atom stereocenters. The molecule has 3 aliphatic rings. The van der Waals surface area contributed by atoms with E-state index in [2.05, 4.69) is 4.90 Å². The van der Waals surface area contributed by atoms with Gasteiger partial charge in [-0.05, 0) is 31.5 Å². The van der Waals surface area contributed by atoms with Crippen LogP contribution in [0.1, 0.15) is 23.2 Å². The normalized spacial score (nSPS) is 29.3. The second-order valence-corrected chi connectivity index (χ2v) is 5.28. The van der Waals surface area contributed by atoms with E-state index in [-0.39, 0.29) is 17.9 Å². The largest absolute Gasteiger partial charge is 0.460 e. The minimum absolute atomic E-state index is 0.186. The van der Waals surface area contributed by atoms with E-state index in [4.69, 9.17) is 4.74 Å². The fourth-order valence-electron chi connectivity index (χ4n) is 2.93. The summed E-state index contributed by atoms with van der Waals surface area (Å²) < 4.78 is 5.36. The molecule has 3 heterocycles. The Kier molecular flexibility index (Phi) is 3.34. The first-order chi connectivity index (χ1) is 9.24. The van der Waals surface area contributed by atoms with Gasteiger partial charge < -0.3 is 4.74 Å². The first-order valence-corrected chi connectivity index (χ1v) is 6.73. The van der Waals surface area contributed by atoms with Gasteiger partial charge in [0, 0.05) is 12.0 Å². The van der Waals surface area contributed by atoms with E-state index >= 15 is 0 Å². The van der Waals surface area contributed by atoms with Gasteiger partial charge in [0.05, 0.1) is 12.1 Å². The number of hydrogen-bond donors (Lipinski definition) is 0. The van der Waals surface area contributed by atoms with Crippen LogP contribution in [0.3, 0.4) is 0 Å². The van der Waals surface area contributed by atoms with E-state index in [1.54, 1.807) is 12.1 Å². The summed E-state index contributed by atoms with van der Waals surface area (Å²) >= 11 is 0. The second-order valence-electron chi connectivity index (χ2n) is 5.28. The van der Waals surface area contributed by atoms with Crippen molar-refractivity contribution in [2.24, 2.45) is 5.92 Å². The average Bonchev–Trinajstić information content (AvgIpc) is 2.46. The topological polar surface area (TPSA) is 46.6 Å². The molecule has 0 N–H and O–H groups in total. The maximum atomic E-state index is 11.9. The van der Waals surface area contributed by atoms with Gasteiger partial charge in [0.1, 0.15) is 12.4 Å². The zero-order chi connectivity index (χ0) is 13.2. The number of nitrogens with zero attached hydrogens (tertiary/aromatic N) is 1. The molecule has 4 rings (SSSR count). The number of hydrogen-bond acceptors (Lipinski definition) is 4. The lowest BCUT2D eigenvalue weighted by atomic mass is 9.82. The fraction of sp³-hybridized carbons (Fsp3) is 0.467. The minimum atomic E-state index is -0.283. The van der Waals surface area contributed by atoms with Crippen molar-refractivity contribution in [3.05, 3.63) is 35.9 Å².